The maximum absolute atomic E-state index is 13.9. The van der Waals surface area contributed by atoms with Crippen molar-refractivity contribution in [2.75, 3.05) is 24.5 Å². The zero-order valence-corrected chi connectivity index (χ0v) is 19.6. The number of carbonyl (C=O) groups is 2. The maximum atomic E-state index is 13.9. The largest absolute Gasteiger partial charge is 0.338 e. The highest BCUT2D eigenvalue weighted by atomic mass is 16.2. The molecule has 2 aromatic carbocycles. The van der Waals surface area contributed by atoms with Crippen molar-refractivity contribution in [3.8, 4) is 5.69 Å². The first kappa shape index (κ1) is 22.6. The second-order valence-corrected chi connectivity index (χ2v) is 8.48. The van der Waals surface area contributed by atoms with Crippen LogP contribution < -0.4 is 10.2 Å². The molecule has 0 saturated heterocycles. The normalized spacial score (nSPS) is 14.4. The van der Waals surface area contributed by atoms with Gasteiger partial charge in [-0.2, -0.15) is 0 Å². The number of aromatic nitrogens is 1. The van der Waals surface area contributed by atoms with E-state index in [-0.39, 0.29) is 24.5 Å². The molecule has 3 aromatic rings. The summed E-state index contributed by atoms with van der Waals surface area (Å²) in [6.07, 6.45) is 3.85. The van der Waals surface area contributed by atoms with Gasteiger partial charge < -0.3 is 14.8 Å². The molecule has 1 N–H and O–H groups in total. The van der Waals surface area contributed by atoms with E-state index in [2.05, 4.69) is 48.0 Å². The van der Waals surface area contributed by atoms with Gasteiger partial charge in [-0.15, -0.1) is 0 Å². The Hall–Kier alpha value is -3.54. The fraction of sp³-hybridized carbons (Fsp3) is 0.333. The second-order valence-electron chi connectivity index (χ2n) is 8.48. The van der Waals surface area contributed by atoms with Gasteiger partial charge in [0.1, 0.15) is 12.6 Å². The Labute approximate surface area is 195 Å². The first-order valence-electron chi connectivity index (χ1n) is 11.7. The molecule has 2 heterocycles. The van der Waals surface area contributed by atoms with Crippen LogP contribution >= 0.6 is 0 Å². The van der Waals surface area contributed by atoms with E-state index < -0.39 is 0 Å². The highest BCUT2D eigenvalue weighted by Crippen LogP contribution is 2.42. The molecule has 0 fully saturated rings. The zero-order chi connectivity index (χ0) is 23.4. The van der Waals surface area contributed by atoms with Crippen LogP contribution in [0.1, 0.15) is 49.6 Å². The number of urea groups is 1. The predicted molar refractivity (Wildman–Crippen MR) is 132 cm³/mol. The second kappa shape index (κ2) is 9.94. The standard InChI is InChI=1S/C27H32N4O2/c1-4-6-16-29(27(33)28-5-2)19-25(32)31-23-14-8-7-13-22(23)30-17-10-15-24(30)26(31)21-12-9-11-20(3)18-21/h7-15,17-18,26H,4-6,16,19H2,1-3H3,(H,28,33). The van der Waals surface area contributed by atoms with Crippen molar-refractivity contribution in [2.45, 2.75) is 39.7 Å². The van der Waals surface area contributed by atoms with Crippen molar-refractivity contribution in [1.29, 1.82) is 0 Å². The van der Waals surface area contributed by atoms with Crippen LogP contribution in [0.5, 0.6) is 0 Å². The predicted octanol–water partition coefficient (Wildman–Crippen LogP) is 5.05. The zero-order valence-electron chi connectivity index (χ0n) is 19.6. The van der Waals surface area contributed by atoms with Gasteiger partial charge in [0.25, 0.3) is 0 Å². The first-order valence-corrected chi connectivity index (χ1v) is 11.7. The lowest BCUT2D eigenvalue weighted by Crippen LogP contribution is -2.49. The van der Waals surface area contributed by atoms with E-state index in [1.165, 1.54) is 0 Å². The highest BCUT2D eigenvalue weighted by molar-refractivity contribution is 6.00. The van der Waals surface area contributed by atoms with Crippen molar-refractivity contribution >= 4 is 17.6 Å². The number of unbranched alkanes of at least 4 members (excludes halogenated alkanes) is 1. The number of hydrogen-bond donors (Lipinski definition) is 1. The molecule has 1 aliphatic rings. The Morgan fingerprint density at radius 2 is 1.79 bits per heavy atom. The third-order valence-electron chi connectivity index (χ3n) is 6.07. The molecule has 0 radical (unpaired) electrons. The average Bonchev–Trinajstić information content (AvgIpc) is 3.30. The minimum Gasteiger partial charge on any atom is -0.338 e. The Balaban J connectivity index is 1.77. The molecule has 6 heteroatoms. The molecule has 1 unspecified atom stereocenters. The summed E-state index contributed by atoms with van der Waals surface area (Å²) in [7, 11) is 0. The molecule has 3 amide bonds. The van der Waals surface area contributed by atoms with Crippen molar-refractivity contribution in [3.63, 3.8) is 0 Å². The number of carbonyl (C=O) groups excluding carboxylic acids is 2. The van der Waals surface area contributed by atoms with Gasteiger partial charge >= 0.3 is 6.03 Å². The third-order valence-corrected chi connectivity index (χ3v) is 6.07. The number of nitrogens with zero attached hydrogens (tertiary/aromatic N) is 3. The van der Waals surface area contributed by atoms with Crippen molar-refractivity contribution in [3.05, 3.63) is 83.7 Å². The average molecular weight is 445 g/mol. The molecule has 1 aliphatic heterocycles. The number of fused-ring (bicyclic) bond motifs is 3. The van der Waals surface area contributed by atoms with Crippen LogP contribution in [0.2, 0.25) is 0 Å². The van der Waals surface area contributed by atoms with Gasteiger partial charge in [-0.3, -0.25) is 9.69 Å². The van der Waals surface area contributed by atoms with E-state index in [1.807, 2.05) is 54.4 Å². The minimum atomic E-state index is -0.274. The van der Waals surface area contributed by atoms with E-state index in [4.69, 9.17) is 0 Å². The number of para-hydroxylation sites is 2. The topological polar surface area (TPSA) is 57.6 Å². The lowest BCUT2D eigenvalue weighted by molar-refractivity contribution is -0.119. The summed E-state index contributed by atoms with van der Waals surface area (Å²) in [5, 5.41) is 2.86. The number of amides is 3. The molecular formula is C27H32N4O2. The maximum Gasteiger partial charge on any atom is 0.317 e. The Bertz CT molecular complexity index is 1140. The van der Waals surface area contributed by atoms with Gasteiger partial charge in [-0.25, -0.2) is 4.79 Å². The molecule has 172 valence electrons. The van der Waals surface area contributed by atoms with Crippen molar-refractivity contribution in [2.24, 2.45) is 0 Å². The summed E-state index contributed by atoms with van der Waals surface area (Å²) >= 11 is 0. The van der Waals surface area contributed by atoms with Crippen molar-refractivity contribution < 1.29 is 9.59 Å². The number of rotatable bonds is 7. The highest BCUT2D eigenvalue weighted by Gasteiger charge is 2.36. The Kier molecular flexibility index (Phi) is 6.82. The van der Waals surface area contributed by atoms with Crippen LogP contribution in [0.3, 0.4) is 0 Å². The number of aryl methyl sites for hydroxylation is 1. The van der Waals surface area contributed by atoms with E-state index in [9.17, 15) is 9.59 Å². The number of benzene rings is 2. The summed E-state index contributed by atoms with van der Waals surface area (Å²) in [5.74, 6) is -0.0937. The first-order chi connectivity index (χ1) is 16.0. The molecule has 6 nitrogen and oxygen atoms in total. The molecule has 4 rings (SSSR count). The summed E-state index contributed by atoms with van der Waals surface area (Å²) in [5.41, 5.74) is 5.04. The molecule has 1 atom stereocenters. The van der Waals surface area contributed by atoms with Crippen LogP contribution in [0.4, 0.5) is 10.5 Å². The molecule has 0 bridgehead atoms. The molecular weight excluding hydrogens is 412 g/mol. The molecule has 1 aromatic heterocycles. The molecule has 0 spiro atoms. The molecule has 0 aliphatic carbocycles. The Morgan fingerprint density at radius 1 is 1.00 bits per heavy atom. The van der Waals surface area contributed by atoms with Crippen LogP contribution in [0.15, 0.2) is 66.9 Å². The third kappa shape index (κ3) is 4.51. The van der Waals surface area contributed by atoms with Gasteiger partial charge in [0.05, 0.1) is 17.1 Å². The van der Waals surface area contributed by atoms with Crippen molar-refractivity contribution in [1.82, 2.24) is 14.8 Å². The molecule has 33 heavy (non-hydrogen) atoms. The summed E-state index contributed by atoms with van der Waals surface area (Å²) in [6, 6.07) is 19.9. The summed E-state index contributed by atoms with van der Waals surface area (Å²) in [4.78, 5) is 30.2. The lowest BCUT2D eigenvalue weighted by Gasteiger charge is -2.39. The van der Waals surface area contributed by atoms with Gasteiger partial charge in [-0.05, 0) is 50.1 Å². The summed E-state index contributed by atoms with van der Waals surface area (Å²) < 4.78 is 2.16. The number of nitrogens with one attached hydrogen (secondary N) is 1. The number of hydrogen-bond acceptors (Lipinski definition) is 2. The van der Waals surface area contributed by atoms with Crippen LogP contribution in [0.25, 0.3) is 5.69 Å². The van der Waals surface area contributed by atoms with Gasteiger partial charge in [0.2, 0.25) is 5.91 Å². The lowest BCUT2D eigenvalue weighted by atomic mass is 9.96. The minimum absolute atomic E-state index is 0.0309. The van der Waals surface area contributed by atoms with E-state index in [0.29, 0.717) is 13.1 Å². The fourth-order valence-electron chi connectivity index (χ4n) is 4.52. The molecule has 0 saturated carbocycles. The van der Waals surface area contributed by atoms with Crippen LogP contribution in [0, 0.1) is 6.92 Å². The monoisotopic (exact) mass is 444 g/mol. The van der Waals surface area contributed by atoms with E-state index in [1.54, 1.807) is 4.90 Å². The van der Waals surface area contributed by atoms with E-state index in [0.717, 1.165) is 41.0 Å². The summed E-state index contributed by atoms with van der Waals surface area (Å²) in [6.45, 7) is 7.15. The quantitative estimate of drug-likeness (QED) is 0.554. The van der Waals surface area contributed by atoms with Gasteiger partial charge in [-0.1, -0.05) is 55.3 Å². The van der Waals surface area contributed by atoms with E-state index >= 15 is 0 Å². The van der Waals surface area contributed by atoms with Gasteiger partial charge in [0.15, 0.2) is 0 Å². The van der Waals surface area contributed by atoms with Crippen LogP contribution in [-0.2, 0) is 4.79 Å². The number of anilines is 1. The van der Waals surface area contributed by atoms with Crippen LogP contribution in [-0.4, -0.2) is 41.0 Å². The van der Waals surface area contributed by atoms with Gasteiger partial charge in [0, 0.05) is 19.3 Å². The Morgan fingerprint density at radius 3 is 2.52 bits per heavy atom. The smallest absolute Gasteiger partial charge is 0.317 e. The SMILES string of the molecule is CCCCN(CC(=O)N1c2ccccc2-n2cccc2C1c1cccc(C)c1)C(=O)NCC. The fourth-order valence-corrected chi connectivity index (χ4v) is 4.52.